The molecule has 1 aliphatic heterocycles. The molecule has 0 bridgehead atoms. The summed E-state index contributed by atoms with van der Waals surface area (Å²) in [5.41, 5.74) is 2.29. The first kappa shape index (κ1) is 19.3. The third-order valence-electron chi connectivity index (χ3n) is 5.61. The summed E-state index contributed by atoms with van der Waals surface area (Å²) >= 11 is 0. The zero-order chi connectivity index (χ0) is 21.5. The lowest BCUT2D eigenvalue weighted by Gasteiger charge is -2.26. The van der Waals surface area contributed by atoms with Crippen molar-refractivity contribution in [1.29, 1.82) is 0 Å². The van der Waals surface area contributed by atoms with Crippen molar-refractivity contribution >= 4 is 27.7 Å². The van der Waals surface area contributed by atoms with E-state index >= 15 is 0 Å². The van der Waals surface area contributed by atoms with Crippen LogP contribution in [-0.2, 0) is 17.9 Å². The average Bonchev–Trinajstić information content (AvgIpc) is 3.09. The zero-order valence-electron chi connectivity index (χ0n) is 16.6. The Labute approximate surface area is 176 Å². The molecular weight excluding hydrogens is 401 g/mol. The number of hydrogen-bond acceptors (Lipinski definition) is 5. The Bertz CT molecular complexity index is 1360. The van der Waals surface area contributed by atoms with Crippen molar-refractivity contribution < 1.29 is 14.4 Å². The first-order valence-corrected chi connectivity index (χ1v) is 9.94. The van der Waals surface area contributed by atoms with Crippen molar-refractivity contribution in [3.8, 4) is 0 Å². The fourth-order valence-corrected chi connectivity index (χ4v) is 4.15. The van der Waals surface area contributed by atoms with Gasteiger partial charge in [0, 0.05) is 49.3 Å². The van der Waals surface area contributed by atoms with Crippen molar-refractivity contribution in [3.05, 3.63) is 76.2 Å². The van der Waals surface area contributed by atoms with E-state index in [-0.39, 0.29) is 17.2 Å². The molecule has 0 aliphatic carbocycles. The Morgan fingerprint density at radius 2 is 1.94 bits per heavy atom. The molecule has 0 atom stereocenters. The quantitative estimate of drug-likeness (QED) is 0.490. The summed E-state index contributed by atoms with van der Waals surface area (Å²) in [4.78, 5) is 30.6. The molecule has 31 heavy (non-hydrogen) atoms. The van der Waals surface area contributed by atoms with Crippen LogP contribution in [0.4, 0.5) is 4.39 Å². The molecule has 1 aliphatic rings. The Morgan fingerprint density at radius 1 is 1.13 bits per heavy atom. The maximum absolute atomic E-state index is 13.3. The monoisotopic (exact) mass is 421 g/mol. The number of hydrogen-bond donors (Lipinski definition) is 2. The number of aromatic nitrogens is 3. The topological polar surface area (TPSA) is 92.4 Å². The van der Waals surface area contributed by atoms with E-state index in [0.717, 1.165) is 28.6 Å². The molecule has 5 rings (SSSR count). The van der Waals surface area contributed by atoms with Gasteiger partial charge in [-0.25, -0.2) is 9.37 Å². The van der Waals surface area contributed by atoms with E-state index in [2.05, 4.69) is 15.2 Å². The lowest BCUT2D eigenvalue weighted by molar-refractivity contribution is -0.124. The van der Waals surface area contributed by atoms with Crippen molar-refractivity contribution in [3.63, 3.8) is 0 Å². The molecule has 0 unspecified atom stereocenters. The van der Waals surface area contributed by atoms with E-state index in [9.17, 15) is 19.2 Å². The van der Waals surface area contributed by atoms with Gasteiger partial charge < -0.3 is 15.1 Å². The molecule has 8 nitrogen and oxygen atoms in total. The molecule has 0 spiro atoms. The molecule has 1 fully saturated rings. The van der Waals surface area contributed by atoms with Crippen LogP contribution in [0.15, 0.2) is 53.7 Å². The predicted molar refractivity (Wildman–Crippen MR) is 112 cm³/mol. The number of piperazine rings is 1. The zero-order valence-corrected chi connectivity index (χ0v) is 16.6. The standard InChI is InChI=1S/C22H20FN5O3/c23-16-3-1-14(2-4-16)10-27-12-15(11-26-8-6-24-19(29)13-26)20-17-5-7-28(31)22(30)21(17)25-9-18(20)27/h1-5,7,9,12,31H,6,8,10-11,13H2,(H,24,29). The smallest absolute Gasteiger partial charge is 0.309 e. The minimum atomic E-state index is -0.589. The van der Waals surface area contributed by atoms with Gasteiger partial charge in [0.05, 0.1) is 18.3 Å². The molecule has 0 saturated carbocycles. The fraction of sp³-hybridized carbons (Fsp3) is 0.227. The van der Waals surface area contributed by atoms with Crippen molar-refractivity contribution in [2.45, 2.75) is 13.1 Å². The van der Waals surface area contributed by atoms with Crippen LogP contribution >= 0.6 is 0 Å². The number of nitrogens with zero attached hydrogens (tertiary/aromatic N) is 4. The SMILES string of the molecule is O=C1CN(Cc2cn(Cc3ccc(F)cc3)c3cnc4c(=O)n(O)ccc4c23)CCN1. The van der Waals surface area contributed by atoms with Gasteiger partial charge in [-0.15, -0.1) is 0 Å². The van der Waals surface area contributed by atoms with Crippen molar-refractivity contribution in [2.75, 3.05) is 19.6 Å². The molecule has 4 heterocycles. The number of amides is 1. The molecule has 1 aromatic carbocycles. The van der Waals surface area contributed by atoms with E-state index in [4.69, 9.17) is 0 Å². The lowest BCUT2D eigenvalue weighted by atomic mass is 10.1. The third kappa shape index (κ3) is 3.53. The number of rotatable bonds is 4. The van der Waals surface area contributed by atoms with Crippen molar-refractivity contribution in [2.24, 2.45) is 0 Å². The Balaban J connectivity index is 1.66. The van der Waals surface area contributed by atoms with Crippen LogP contribution in [0, 0.1) is 5.82 Å². The number of fused-ring (bicyclic) bond motifs is 3. The van der Waals surface area contributed by atoms with Gasteiger partial charge in [-0.05, 0) is 29.3 Å². The van der Waals surface area contributed by atoms with Gasteiger partial charge in [0.15, 0.2) is 0 Å². The summed E-state index contributed by atoms with van der Waals surface area (Å²) < 4.78 is 15.8. The molecule has 4 aromatic rings. The summed E-state index contributed by atoms with van der Waals surface area (Å²) in [6.07, 6.45) is 4.92. The molecule has 158 valence electrons. The van der Waals surface area contributed by atoms with Crippen LogP contribution < -0.4 is 10.9 Å². The highest BCUT2D eigenvalue weighted by Crippen LogP contribution is 2.29. The van der Waals surface area contributed by atoms with E-state index in [1.54, 1.807) is 24.4 Å². The molecular formula is C22H20FN5O3. The molecule has 3 aromatic heterocycles. The average molecular weight is 421 g/mol. The Kier molecular flexibility index (Phi) is 4.67. The number of benzene rings is 1. The minimum Gasteiger partial charge on any atom is -0.425 e. The van der Waals surface area contributed by atoms with Crippen LogP contribution in [0.2, 0.25) is 0 Å². The third-order valence-corrected chi connectivity index (χ3v) is 5.61. The summed E-state index contributed by atoms with van der Waals surface area (Å²) in [6, 6.07) is 7.97. The highest BCUT2D eigenvalue weighted by Gasteiger charge is 2.21. The summed E-state index contributed by atoms with van der Waals surface area (Å²) in [7, 11) is 0. The van der Waals surface area contributed by atoms with E-state index in [0.29, 0.717) is 36.3 Å². The van der Waals surface area contributed by atoms with Crippen LogP contribution in [0.5, 0.6) is 0 Å². The fourth-order valence-electron chi connectivity index (χ4n) is 4.15. The minimum absolute atomic E-state index is 0.0176. The van der Waals surface area contributed by atoms with Gasteiger partial charge in [-0.1, -0.05) is 12.1 Å². The Morgan fingerprint density at radius 3 is 2.71 bits per heavy atom. The highest BCUT2D eigenvalue weighted by atomic mass is 19.1. The number of carbonyl (C=O) groups is 1. The maximum atomic E-state index is 13.3. The second-order valence-corrected chi connectivity index (χ2v) is 7.72. The summed E-state index contributed by atoms with van der Waals surface area (Å²) in [5, 5.41) is 14.1. The van der Waals surface area contributed by atoms with E-state index < -0.39 is 5.56 Å². The van der Waals surface area contributed by atoms with Crippen LogP contribution in [0.1, 0.15) is 11.1 Å². The number of carbonyl (C=O) groups excluding carboxylic acids is 1. The highest BCUT2D eigenvalue weighted by molar-refractivity contribution is 6.06. The lowest BCUT2D eigenvalue weighted by Crippen LogP contribution is -2.47. The van der Waals surface area contributed by atoms with Gasteiger partial charge in [0.1, 0.15) is 11.3 Å². The first-order valence-electron chi connectivity index (χ1n) is 9.94. The molecule has 1 saturated heterocycles. The van der Waals surface area contributed by atoms with Gasteiger partial charge in [0.2, 0.25) is 5.91 Å². The van der Waals surface area contributed by atoms with Crippen LogP contribution in [0.3, 0.4) is 0 Å². The van der Waals surface area contributed by atoms with Crippen molar-refractivity contribution in [1.82, 2.24) is 24.5 Å². The Hall–Kier alpha value is -3.72. The number of pyridine rings is 2. The molecule has 9 heteroatoms. The molecule has 2 N–H and O–H groups in total. The summed E-state index contributed by atoms with van der Waals surface area (Å²) in [5.74, 6) is -0.311. The normalized spacial score (nSPS) is 14.9. The second kappa shape index (κ2) is 7.51. The maximum Gasteiger partial charge on any atom is 0.309 e. The largest absolute Gasteiger partial charge is 0.425 e. The van der Waals surface area contributed by atoms with Gasteiger partial charge in [-0.3, -0.25) is 14.5 Å². The van der Waals surface area contributed by atoms with Crippen LogP contribution in [0.25, 0.3) is 21.8 Å². The van der Waals surface area contributed by atoms with Gasteiger partial charge in [0.25, 0.3) is 0 Å². The van der Waals surface area contributed by atoms with Gasteiger partial charge in [-0.2, -0.15) is 4.73 Å². The second-order valence-electron chi connectivity index (χ2n) is 7.72. The van der Waals surface area contributed by atoms with E-state index in [1.165, 1.54) is 18.3 Å². The van der Waals surface area contributed by atoms with Crippen LogP contribution in [-0.4, -0.2) is 49.9 Å². The summed E-state index contributed by atoms with van der Waals surface area (Å²) in [6.45, 7) is 2.65. The first-order chi connectivity index (χ1) is 15.0. The van der Waals surface area contributed by atoms with E-state index in [1.807, 2.05) is 10.8 Å². The molecule has 0 radical (unpaired) electrons. The predicted octanol–water partition coefficient (Wildman–Crippen LogP) is 1.71. The molecule has 1 amide bonds. The number of halogens is 1. The van der Waals surface area contributed by atoms with Gasteiger partial charge >= 0.3 is 5.56 Å². The number of nitrogens with one attached hydrogen (secondary N) is 1.